The zero-order chi connectivity index (χ0) is 13.4. The molecule has 0 spiro atoms. The van der Waals surface area contributed by atoms with Crippen LogP contribution in [0.5, 0.6) is 0 Å². The van der Waals surface area contributed by atoms with Crippen LogP contribution in [0.1, 0.15) is 17.3 Å². The molecule has 0 unspecified atom stereocenters. The van der Waals surface area contributed by atoms with E-state index in [0.717, 1.165) is 33.7 Å². The zero-order valence-electron chi connectivity index (χ0n) is 10.8. The summed E-state index contributed by atoms with van der Waals surface area (Å²) in [5.41, 5.74) is 10.7. The first-order valence-electron chi connectivity index (χ1n) is 6.07. The number of nitrogens with zero attached hydrogens (tertiary/aromatic N) is 3. The Morgan fingerprint density at radius 2 is 2.05 bits per heavy atom. The molecule has 0 aliphatic rings. The third-order valence-electron chi connectivity index (χ3n) is 2.98. The monoisotopic (exact) mass is 254 g/mol. The number of fused-ring (bicyclic) bond motifs is 1. The highest BCUT2D eigenvalue weighted by molar-refractivity contribution is 5.79. The van der Waals surface area contributed by atoms with E-state index in [9.17, 15) is 0 Å². The zero-order valence-corrected chi connectivity index (χ0v) is 10.8. The molecule has 0 atom stereocenters. The number of nitrogens with two attached hydrogens (primary N) is 1. The number of aromatic nitrogens is 3. The van der Waals surface area contributed by atoms with Crippen molar-refractivity contribution < 1.29 is 4.42 Å². The van der Waals surface area contributed by atoms with Gasteiger partial charge in [-0.05, 0) is 19.1 Å². The molecule has 0 radical (unpaired) electrons. The largest absolute Gasteiger partial charge is 0.441 e. The Morgan fingerprint density at radius 3 is 2.84 bits per heavy atom. The number of benzene rings is 1. The minimum atomic E-state index is 0.379. The smallest absolute Gasteiger partial charge is 0.192 e. The third-order valence-corrected chi connectivity index (χ3v) is 2.98. The van der Waals surface area contributed by atoms with Crippen molar-refractivity contribution in [3.8, 4) is 11.3 Å². The lowest BCUT2D eigenvalue weighted by molar-refractivity contribution is 0.561. The quantitative estimate of drug-likeness (QED) is 0.759. The molecule has 0 bridgehead atoms. The van der Waals surface area contributed by atoms with E-state index < -0.39 is 0 Å². The van der Waals surface area contributed by atoms with Gasteiger partial charge in [-0.1, -0.05) is 6.07 Å². The summed E-state index contributed by atoms with van der Waals surface area (Å²) in [5.74, 6) is 0.658. The van der Waals surface area contributed by atoms with Crippen LogP contribution in [0.15, 0.2) is 28.8 Å². The van der Waals surface area contributed by atoms with Gasteiger partial charge in [0.05, 0.1) is 23.3 Å². The first kappa shape index (κ1) is 11.8. The Balaban J connectivity index is 2.17. The van der Waals surface area contributed by atoms with Crippen molar-refractivity contribution >= 4 is 11.1 Å². The SMILES string of the molecule is Cc1nc2ccc(-c3nc(CN)cnc3C)cc2o1. The van der Waals surface area contributed by atoms with Crippen molar-refractivity contribution in [3.63, 3.8) is 0 Å². The molecular formula is C14H14N4O. The lowest BCUT2D eigenvalue weighted by atomic mass is 10.1. The van der Waals surface area contributed by atoms with Gasteiger partial charge in [-0.25, -0.2) is 9.97 Å². The second-order valence-corrected chi connectivity index (χ2v) is 4.41. The molecule has 0 amide bonds. The summed E-state index contributed by atoms with van der Waals surface area (Å²) in [6, 6.07) is 5.84. The standard InChI is InChI=1S/C14H14N4O/c1-8-14(18-11(6-15)7-16-8)10-3-4-12-13(5-10)19-9(2)17-12/h3-5,7H,6,15H2,1-2H3. The molecule has 0 saturated heterocycles. The van der Waals surface area contributed by atoms with E-state index in [1.54, 1.807) is 6.20 Å². The molecule has 0 saturated carbocycles. The van der Waals surface area contributed by atoms with Gasteiger partial charge in [0, 0.05) is 19.0 Å². The van der Waals surface area contributed by atoms with Gasteiger partial charge in [-0.2, -0.15) is 0 Å². The van der Waals surface area contributed by atoms with E-state index in [-0.39, 0.29) is 0 Å². The van der Waals surface area contributed by atoms with Gasteiger partial charge in [0.25, 0.3) is 0 Å². The lowest BCUT2D eigenvalue weighted by Gasteiger charge is -2.06. The Bertz CT molecular complexity index is 748. The minimum absolute atomic E-state index is 0.379. The van der Waals surface area contributed by atoms with Crippen LogP contribution >= 0.6 is 0 Å². The van der Waals surface area contributed by atoms with Crippen LogP contribution in [-0.2, 0) is 6.54 Å². The van der Waals surface area contributed by atoms with E-state index in [0.29, 0.717) is 12.4 Å². The first-order chi connectivity index (χ1) is 9.17. The topological polar surface area (TPSA) is 77.8 Å². The second kappa shape index (κ2) is 4.44. The molecule has 3 rings (SSSR count). The van der Waals surface area contributed by atoms with Gasteiger partial charge >= 0.3 is 0 Å². The molecule has 0 aliphatic carbocycles. The van der Waals surface area contributed by atoms with Gasteiger partial charge in [0.15, 0.2) is 11.5 Å². The van der Waals surface area contributed by atoms with Crippen LogP contribution in [-0.4, -0.2) is 15.0 Å². The predicted octanol–water partition coefficient (Wildman–Crippen LogP) is 2.36. The number of hydrogen-bond donors (Lipinski definition) is 1. The Hall–Kier alpha value is -2.27. The van der Waals surface area contributed by atoms with Gasteiger partial charge in [0.2, 0.25) is 0 Å². The molecule has 2 heterocycles. The Labute approximate surface area is 110 Å². The van der Waals surface area contributed by atoms with Crippen LogP contribution in [0.2, 0.25) is 0 Å². The Morgan fingerprint density at radius 1 is 1.21 bits per heavy atom. The molecule has 2 aromatic heterocycles. The average Bonchev–Trinajstić information content (AvgIpc) is 2.78. The molecule has 19 heavy (non-hydrogen) atoms. The highest BCUT2D eigenvalue weighted by atomic mass is 16.3. The number of rotatable bonds is 2. The summed E-state index contributed by atoms with van der Waals surface area (Å²) in [7, 11) is 0. The fourth-order valence-corrected chi connectivity index (χ4v) is 2.04. The summed E-state index contributed by atoms with van der Waals surface area (Å²) in [5, 5.41) is 0. The first-order valence-corrected chi connectivity index (χ1v) is 6.07. The van der Waals surface area contributed by atoms with Crippen molar-refractivity contribution in [3.05, 3.63) is 41.7 Å². The van der Waals surface area contributed by atoms with Gasteiger partial charge in [-0.3, -0.25) is 4.98 Å². The fraction of sp³-hybridized carbons (Fsp3) is 0.214. The second-order valence-electron chi connectivity index (χ2n) is 4.41. The molecule has 0 aliphatic heterocycles. The highest BCUT2D eigenvalue weighted by Gasteiger charge is 2.09. The van der Waals surface area contributed by atoms with E-state index >= 15 is 0 Å². The van der Waals surface area contributed by atoms with E-state index in [4.69, 9.17) is 10.2 Å². The summed E-state index contributed by atoms with van der Waals surface area (Å²) in [6.07, 6.45) is 1.70. The van der Waals surface area contributed by atoms with Gasteiger partial charge in [0.1, 0.15) is 5.52 Å². The van der Waals surface area contributed by atoms with Crippen molar-refractivity contribution in [2.45, 2.75) is 20.4 Å². The number of hydrogen-bond acceptors (Lipinski definition) is 5. The van der Waals surface area contributed by atoms with E-state index in [2.05, 4.69) is 15.0 Å². The number of oxazole rings is 1. The maximum absolute atomic E-state index is 5.61. The number of aryl methyl sites for hydroxylation is 2. The molecule has 5 heteroatoms. The average molecular weight is 254 g/mol. The van der Waals surface area contributed by atoms with Crippen molar-refractivity contribution in [2.24, 2.45) is 5.73 Å². The normalized spacial score (nSPS) is 11.1. The van der Waals surface area contributed by atoms with Crippen LogP contribution in [0, 0.1) is 13.8 Å². The van der Waals surface area contributed by atoms with E-state index in [1.807, 2.05) is 32.0 Å². The minimum Gasteiger partial charge on any atom is -0.441 e. The molecular weight excluding hydrogens is 240 g/mol. The maximum atomic E-state index is 5.61. The molecule has 2 N–H and O–H groups in total. The van der Waals surface area contributed by atoms with Crippen molar-refractivity contribution in [2.75, 3.05) is 0 Å². The van der Waals surface area contributed by atoms with E-state index in [1.165, 1.54) is 0 Å². The lowest BCUT2D eigenvalue weighted by Crippen LogP contribution is -2.03. The van der Waals surface area contributed by atoms with Crippen LogP contribution in [0.25, 0.3) is 22.4 Å². The highest BCUT2D eigenvalue weighted by Crippen LogP contribution is 2.25. The summed E-state index contributed by atoms with van der Waals surface area (Å²) in [4.78, 5) is 13.1. The third kappa shape index (κ3) is 2.08. The summed E-state index contributed by atoms with van der Waals surface area (Å²) < 4.78 is 5.54. The fourth-order valence-electron chi connectivity index (χ4n) is 2.04. The maximum Gasteiger partial charge on any atom is 0.192 e. The van der Waals surface area contributed by atoms with Gasteiger partial charge < -0.3 is 10.2 Å². The predicted molar refractivity (Wildman–Crippen MR) is 72.4 cm³/mol. The molecule has 0 fully saturated rings. The molecule has 3 aromatic rings. The summed E-state index contributed by atoms with van der Waals surface area (Å²) >= 11 is 0. The molecule has 1 aromatic carbocycles. The van der Waals surface area contributed by atoms with Crippen LogP contribution < -0.4 is 5.73 Å². The Kier molecular flexibility index (Phi) is 2.76. The van der Waals surface area contributed by atoms with Crippen LogP contribution in [0.3, 0.4) is 0 Å². The molecule has 96 valence electrons. The summed E-state index contributed by atoms with van der Waals surface area (Å²) in [6.45, 7) is 4.14. The van der Waals surface area contributed by atoms with Gasteiger partial charge in [-0.15, -0.1) is 0 Å². The van der Waals surface area contributed by atoms with Crippen molar-refractivity contribution in [1.29, 1.82) is 0 Å². The van der Waals surface area contributed by atoms with Crippen LogP contribution in [0.4, 0.5) is 0 Å². The molecule has 5 nitrogen and oxygen atoms in total. The van der Waals surface area contributed by atoms with Crippen molar-refractivity contribution in [1.82, 2.24) is 15.0 Å².